The van der Waals surface area contributed by atoms with Crippen LogP contribution in [0.5, 0.6) is 0 Å². The number of carbonyl (C=O) groups excluding carboxylic acids is 1. The summed E-state index contributed by atoms with van der Waals surface area (Å²) in [4.78, 5) is 12.9. The molecule has 1 N–H and O–H groups in total. The van der Waals surface area contributed by atoms with Gasteiger partial charge in [-0.25, -0.2) is 0 Å². The van der Waals surface area contributed by atoms with Crippen LogP contribution in [-0.4, -0.2) is 55.7 Å². The average Bonchev–Trinajstić information content (AvgIpc) is 2.53. The summed E-state index contributed by atoms with van der Waals surface area (Å²) < 4.78 is 27.2. The molecule has 4 saturated carbocycles. The van der Waals surface area contributed by atoms with E-state index in [0.717, 1.165) is 17.8 Å². The third-order valence-electron chi connectivity index (χ3n) is 7.04. The number of amides is 1. The van der Waals surface area contributed by atoms with E-state index in [0.29, 0.717) is 25.9 Å². The van der Waals surface area contributed by atoms with Crippen LogP contribution in [0.4, 0.5) is 0 Å². The van der Waals surface area contributed by atoms with Gasteiger partial charge in [0.15, 0.2) is 0 Å². The molecule has 0 spiro atoms. The minimum atomic E-state index is -3.36. The maximum Gasteiger partial charge on any atom is 0.281 e. The van der Waals surface area contributed by atoms with Crippen molar-refractivity contribution in [2.75, 3.05) is 27.2 Å². The number of carbonyl (C=O) groups is 1. The van der Waals surface area contributed by atoms with Gasteiger partial charge in [-0.1, -0.05) is 0 Å². The lowest BCUT2D eigenvalue weighted by atomic mass is 9.53. The van der Waals surface area contributed by atoms with Crippen LogP contribution in [0.2, 0.25) is 0 Å². The standard InChI is InChI=1S/C18H31N3O3S/c1-20(2)25(23,24)21-5-3-16(4-6-21)17(22)19-18-10-13-7-14(11-18)9-15(8-13)12-18/h13-16H,3-12H2,1-2H3,(H,19,22). The summed E-state index contributed by atoms with van der Waals surface area (Å²) in [7, 11) is -0.244. The Morgan fingerprint density at radius 1 is 1.00 bits per heavy atom. The van der Waals surface area contributed by atoms with Crippen molar-refractivity contribution in [2.24, 2.45) is 23.7 Å². The fourth-order valence-corrected chi connectivity index (χ4v) is 7.34. The molecule has 4 bridgehead atoms. The zero-order valence-electron chi connectivity index (χ0n) is 15.4. The second-order valence-electron chi connectivity index (χ2n) is 9.15. The summed E-state index contributed by atoms with van der Waals surface area (Å²) in [5.74, 6) is 2.58. The average molecular weight is 370 g/mol. The molecule has 6 nitrogen and oxygen atoms in total. The van der Waals surface area contributed by atoms with Crippen LogP contribution in [0.3, 0.4) is 0 Å². The fraction of sp³-hybridized carbons (Fsp3) is 0.944. The van der Waals surface area contributed by atoms with Crippen LogP contribution in [0.25, 0.3) is 0 Å². The summed E-state index contributed by atoms with van der Waals surface area (Å²) in [5, 5.41) is 3.45. The molecule has 1 heterocycles. The highest BCUT2D eigenvalue weighted by Crippen LogP contribution is 2.55. The van der Waals surface area contributed by atoms with Gasteiger partial charge in [0.1, 0.15) is 0 Å². The molecule has 1 saturated heterocycles. The molecule has 7 heteroatoms. The summed E-state index contributed by atoms with van der Waals surface area (Å²) in [5.41, 5.74) is 0.0542. The van der Waals surface area contributed by atoms with E-state index in [1.54, 1.807) is 14.1 Å². The lowest BCUT2D eigenvalue weighted by Gasteiger charge is -2.57. The quantitative estimate of drug-likeness (QED) is 0.818. The Bertz CT molecular complexity index is 603. The first-order chi connectivity index (χ1) is 11.8. The van der Waals surface area contributed by atoms with Gasteiger partial charge in [0.05, 0.1) is 0 Å². The van der Waals surface area contributed by atoms with Gasteiger partial charge < -0.3 is 5.32 Å². The van der Waals surface area contributed by atoms with Crippen molar-refractivity contribution in [1.82, 2.24) is 13.9 Å². The summed E-state index contributed by atoms with van der Waals surface area (Å²) in [6.07, 6.45) is 8.87. The van der Waals surface area contributed by atoms with Crippen molar-refractivity contribution in [3.8, 4) is 0 Å². The Kier molecular flexibility index (Phi) is 4.40. The first-order valence-electron chi connectivity index (χ1n) is 9.77. The monoisotopic (exact) mass is 369 g/mol. The van der Waals surface area contributed by atoms with Crippen LogP contribution in [0, 0.1) is 23.7 Å². The lowest BCUT2D eigenvalue weighted by Crippen LogP contribution is -2.61. The predicted molar refractivity (Wildman–Crippen MR) is 95.9 cm³/mol. The van der Waals surface area contributed by atoms with Gasteiger partial charge in [0.2, 0.25) is 5.91 Å². The topological polar surface area (TPSA) is 69.7 Å². The van der Waals surface area contributed by atoms with Crippen molar-refractivity contribution >= 4 is 16.1 Å². The largest absolute Gasteiger partial charge is 0.350 e. The number of rotatable bonds is 4. The van der Waals surface area contributed by atoms with E-state index >= 15 is 0 Å². The molecule has 1 amide bonds. The molecular weight excluding hydrogens is 338 g/mol. The van der Waals surface area contributed by atoms with E-state index in [4.69, 9.17) is 0 Å². The molecule has 0 atom stereocenters. The highest BCUT2D eigenvalue weighted by Gasteiger charge is 2.52. The van der Waals surface area contributed by atoms with E-state index in [-0.39, 0.29) is 17.4 Å². The van der Waals surface area contributed by atoms with Crippen LogP contribution in [0.1, 0.15) is 51.4 Å². The summed E-state index contributed by atoms with van der Waals surface area (Å²) in [6, 6.07) is 0. The van der Waals surface area contributed by atoms with E-state index in [1.807, 2.05) is 0 Å². The van der Waals surface area contributed by atoms with Gasteiger partial charge in [-0.2, -0.15) is 17.0 Å². The number of hydrogen-bond donors (Lipinski definition) is 1. The molecular formula is C18H31N3O3S. The number of nitrogens with one attached hydrogen (secondary N) is 1. The second kappa shape index (κ2) is 6.20. The van der Waals surface area contributed by atoms with Gasteiger partial charge in [-0.05, 0) is 69.1 Å². The Morgan fingerprint density at radius 3 is 1.92 bits per heavy atom. The van der Waals surface area contributed by atoms with Gasteiger partial charge in [0.25, 0.3) is 10.2 Å². The van der Waals surface area contributed by atoms with Crippen molar-refractivity contribution in [1.29, 1.82) is 0 Å². The smallest absolute Gasteiger partial charge is 0.281 e. The number of nitrogens with zero attached hydrogens (tertiary/aromatic N) is 2. The van der Waals surface area contributed by atoms with Crippen molar-refractivity contribution < 1.29 is 13.2 Å². The van der Waals surface area contributed by atoms with E-state index in [2.05, 4.69) is 5.32 Å². The van der Waals surface area contributed by atoms with E-state index in [9.17, 15) is 13.2 Å². The van der Waals surface area contributed by atoms with Gasteiger partial charge in [0, 0.05) is 38.6 Å². The molecule has 142 valence electrons. The molecule has 4 aliphatic carbocycles. The molecule has 0 aromatic heterocycles. The molecule has 5 rings (SSSR count). The highest BCUT2D eigenvalue weighted by molar-refractivity contribution is 7.86. The van der Waals surface area contributed by atoms with Gasteiger partial charge in [-0.15, -0.1) is 0 Å². The van der Waals surface area contributed by atoms with Crippen LogP contribution >= 0.6 is 0 Å². The third kappa shape index (κ3) is 3.23. The third-order valence-corrected chi connectivity index (χ3v) is 8.98. The number of piperidine rings is 1. The Morgan fingerprint density at radius 2 is 1.48 bits per heavy atom. The normalized spacial score (nSPS) is 39.1. The van der Waals surface area contributed by atoms with Crippen molar-refractivity contribution in [3.05, 3.63) is 0 Å². The molecule has 5 fully saturated rings. The zero-order chi connectivity index (χ0) is 17.8. The molecule has 5 aliphatic rings. The SMILES string of the molecule is CN(C)S(=O)(=O)N1CCC(C(=O)NC23CC4CC(CC(C4)C2)C3)CC1. The van der Waals surface area contributed by atoms with E-state index < -0.39 is 10.2 Å². The van der Waals surface area contributed by atoms with Crippen LogP contribution < -0.4 is 5.32 Å². The fourth-order valence-electron chi connectivity index (χ4n) is 6.21. The molecule has 25 heavy (non-hydrogen) atoms. The Balaban J connectivity index is 1.36. The van der Waals surface area contributed by atoms with Crippen molar-refractivity contribution in [3.63, 3.8) is 0 Å². The zero-order valence-corrected chi connectivity index (χ0v) is 16.2. The first-order valence-corrected chi connectivity index (χ1v) is 11.2. The summed E-state index contributed by atoms with van der Waals surface area (Å²) >= 11 is 0. The van der Waals surface area contributed by atoms with E-state index in [1.165, 1.54) is 47.1 Å². The number of hydrogen-bond acceptors (Lipinski definition) is 3. The van der Waals surface area contributed by atoms with Gasteiger partial charge >= 0.3 is 0 Å². The maximum atomic E-state index is 12.9. The Labute approximate surface area is 151 Å². The summed E-state index contributed by atoms with van der Waals surface area (Å²) in [6.45, 7) is 0.888. The minimum absolute atomic E-state index is 0.0402. The molecule has 0 unspecified atom stereocenters. The maximum absolute atomic E-state index is 12.9. The molecule has 1 aliphatic heterocycles. The highest BCUT2D eigenvalue weighted by atomic mass is 32.2. The predicted octanol–water partition coefficient (Wildman–Crippen LogP) is 1.59. The van der Waals surface area contributed by atoms with Crippen LogP contribution in [-0.2, 0) is 15.0 Å². The first kappa shape index (κ1) is 17.7. The lowest BCUT2D eigenvalue weighted by molar-refractivity contribution is -0.132. The molecule has 0 radical (unpaired) electrons. The molecule has 0 aromatic carbocycles. The second-order valence-corrected chi connectivity index (χ2v) is 11.3. The molecule has 0 aromatic rings. The van der Waals surface area contributed by atoms with Gasteiger partial charge in [-0.3, -0.25) is 4.79 Å². The minimum Gasteiger partial charge on any atom is -0.350 e. The van der Waals surface area contributed by atoms with Crippen LogP contribution in [0.15, 0.2) is 0 Å². The van der Waals surface area contributed by atoms with Crippen molar-refractivity contribution in [2.45, 2.75) is 56.9 Å². The Hall–Kier alpha value is -0.660.